The Bertz CT molecular complexity index is 2640. The smallest absolute Gasteiger partial charge is 0.450 e. The van der Waals surface area contributed by atoms with Crippen LogP contribution < -0.4 is 35.9 Å². The van der Waals surface area contributed by atoms with E-state index in [1.165, 1.54) is 18.6 Å². The van der Waals surface area contributed by atoms with Gasteiger partial charge in [-0.2, -0.15) is 0 Å². The highest BCUT2D eigenvalue weighted by molar-refractivity contribution is 6.60. The second-order valence-electron chi connectivity index (χ2n) is 16.7. The largest absolute Gasteiger partial charge is 0.534 e. The summed E-state index contributed by atoms with van der Waals surface area (Å²) in [5, 5.41) is 5.96. The predicted molar refractivity (Wildman–Crippen MR) is 239 cm³/mol. The van der Waals surface area contributed by atoms with Crippen LogP contribution in [0.5, 0.6) is 0 Å². The van der Waals surface area contributed by atoms with E-state index in [1.54, 1.807) is 60.7 Å². The molecule has 64 heavy (non-hydrogen) atoms. The lowest BCUT2D eigenvalue weighted by molar-refractivity contribution is 0.00578. The molecule has 0 unspecified atom stereocenters. The fourth-order valence-electron chi connectivity index (χ4n) is 8.05. The van der Waals surface area contributed by atoms with Crippen LogP contribution in [0, 0.1) is 13.8 Å². The molecule has 0 radical (unpaired) electrons. The van der Waals surface area contributed by atoms with E-state index in [9.17, 15) is 9.59 Å². The summed E-state index contributed by atoms with van der Waals surface area (Å²) in [7, 11) is -0.448. The molecule has 4 amide bonds. The average molecular weight is 889 g/mol. The van der Waals surface area contributed by atoms with Crippen molar-refractivity contribution >= 4 is 71.1 Å². The van der Waals surface area contributed by atoms with Crippen LogP contribution in [0.2, 0.25) is 5.15 Å². The van der Waals surface area contributed by atoms with E-state index in [-0.39, 0.29) is 35.3 Å². The summed E-state index contributed by atoms with van der Waals surface area (Å²) >= 11 is 6.01. The van der Waals surface area contributed by atoms with Crippen molar-refractivity contribution in [3.8, 4) is 11.5 Å². The van der Waals surface area contributed by atoms with E-state index in [0.29, 0.717) is 57.3 Å². The first-order valence-corrected chi connectivity index (χ1v) is 21.2. The Morgan fingerprint density at radius 1 is 0.688 bits per heavy atom. The number of amides is 4. The van der Waals surface area contributed by atoms with Gasteiger partial charge in [0.15, 0.2) is 46.5 Å². The van der Waals surface area contributed by atoms with Gasteiger partial charge in [0, 0.05) is 64.8 Å². The molecule has 0 saturated carbocycles. The second-order valence-corrected chi connectivity index (χ2v) is 17.1. The molecule has 6 aromatic heterocycles. The lowest BCUT2D eigenvalue weighted by Crippen LogP contribution is -2.48. The number of aryl methyl sites for hydroxylation is 2. The van der Waals surface area contributed by atoms with E-state index >= 15 is 0 Å². The van der Waals surface area contributed by atoms with Crippen molar-refractivity contribution in [1.29, 1.82) is 0 Å². The van der Waals surface area contributed by atoms with Gasteiger partial charge in [0.1, 0.15) is 10.8 Å². The van der Waals surface area contributed by atoms with Crippen molar-refractivity contribution in [3.05, 3.63) is 90.8 Å². The summed E-state index contributed by atoms with van der Waals surface area (Å²) in [6.45, 7) is 15.0. The van der Waals surface area contributed by atoms with Gasteiger partial charge in [0.05, 0.1) is 59.4 Å². The van der Waals surface area contributed by atoms with Crippen LogP contribution in [-0.2, 0) is 9.31 Å². The molecule has 2 atom stereocenters. The third-order valence-electron chi connectivity index (χ3n) is 11.9. The molecule has 330 valence electrons. The first kappa shape index (κ1) is 42.6. The van der Waals surface area contributed by atoms with Gasteiger partial charge in [-0.3, -0.25) is 30.4 Å². The number of pyridine rings is 2. The highest BCUT2D eigenvalue weighted by Crippen LogP contribution is 2.42. The minimum absolute atomic E-state index is 0.0633. The Kier molecular flexibility index (Phi) is 11.4. The van der Waals surface area contributed by atoms with Crippen molar-refractivity contribution in [1.82, 2.24) is 39.9 Å². The van der Waals surface area contributed by atoms with Crippen LogP contribution in [0.3, 0.4) is 0 Å². The van der Waals surface area contributed by atoms with Gasteiger partial charge in [-0.05, 0) is 64.8 Å². The highest BCUT2D eigenvalue weighted by atomic mass is 35.5. The van der Waals surface area contributed by atoms with E-state index in [4.69, 9.17) is 34.7 Å². The Morgan fingerprint density at radius 3 is 1.72 bits per heavy atom. The molecule has 4 bridgehead atoms. The summed E-state index contributed by atoms with van der Waals surface area (Å²) in [6, 6.07) is 7.18. The Labute approximate surface area is 373 Å². The number of halogens is 1. The Hall–Kier alpha value is -6.71. The number of fused-ring (bicyclic) bond motifs is 8. The maximum atomic E-state index is 13.0. The minimum atomic E-state index is -0.448. The molecule has 11 heterocycles. The number of aromatic nitrogens is 8. The monoisotopic (exact) mass is 888 g/mol. The number of urea groups is 2. The molecule has 22 heteroatoms. The molecule has 20 nitrogen and oxygen atoms in total. The number of anilines is 6. The lowest BCUT2D eigenvalue weighted by Gasteiger charge is -2.35. The zero-order valence-corrected chi connectivity index (χ0v) is 36.9. The fourth-order valence-corrected chi connectivity index (χ4v) is 8.19. The molecule has 3 saturated heterocycles. The van der Waals surface area contributed by atoms with Crippen molar-refractivity contribution in [2.45, 2.75) is 77.7 Å². The van der Waals surface area contributed by atoms with Gasteiger partial charge in [-0.15, -0.1) is 0 Å². The molecule has 0 spiro atoms. The van der Waals surface area contributed by atoms with Crippen LogP contribution in [0.25, 0.3) is 11.5 Å². The molecule has 0 aromatic carbocycles. The zero-order valence-electron chi connectivity index (χ0n) is 36.1. The predicted octanol–water partition coefficient (Wildman–Crippen LogP) is 5.90. The molecule has 2 N–H and O–H groups in total. The molecule has 6 aromatic rings. The number of hydrogen-bond acceptors (Lipinski definition) is 16. The number of oxazole rings is 2. The van der Waals surface area contributed by atoms with Crippen LogP contribution in [0.4, 0.5) is 44.2 Å². The van der Waals surface area contributed by atoms with Gasteiger partial charge < -0.3 is 27.9 Å². The van der Waals surface area contributed by atoms with Crippen molar-refractivity contribution in [3.63, 3.8) is 0 Å². The molecule has 11 rings (SSSR count). The average Bonchev–Trinajstić information content (AvgIpc) is 4.12. The Morgan fingerprint density at radius 2 is 1.22 bits per heavy atom. The molecule has 3 fully saturated rings. The highest BCUT2D eigenvalue weighted by Gasteiger charge is 2.53. The number of carbonyl (C=O) groups is 2. The molecule has 5 aliphatic rings. The van der Waals surface area contributed by atoms with Gasteiger partial charge in [0.25, 0.3) is 0 Å². The molecule has 5 aliphatic heterocycles. The quantitative estimate of drug-likeness (QED) is 0.155. The first-order valence-electron chi connectivity index (χ1n) is 20.8. The maximum Gasteiger partial charge on any atom is 0.534 e. The molecular weight excluding hydrogens is 843 g/mol. The van der Waals surface area contributed by atoms with Crippen LogP contribution in [-0.4, -0.2) is 109 Å². The van der Waals surface area contributed by atoms with Gasteiger partial charge in [-0.1, -0.05) is 11.6 Å². The van der Waals surface area contributed by atoms with Crippen molar-refractivity contribution < 1.29 is 27.7 Å². The number of carbonyl (C=O) groups excluding carboxylic acids is 2. The van der Waals surface area contributed by atoms with Crippen LogP contribution >= 0.6 is 11.6 Å². The lowest BCUT2D eigenvalue weighted by atomic mass is 9.87. The van der Waals surface area contributed by atoms with E-state index in [1.807, 2.05) is 45.9 Å². The maximum absolute atomic E-state index is 13.0. The standard InChI is InChI=1S/C18H17N7O2.C14H13ClN6O.C10H16BNO3/c1-11-21-8-15(27-11)13-2-3-14-17(22-13)25(12-4-7-24(14)10-12)18(26)23-16-9-19-5-6-20-16;15-11-2-1-10-13(18-11)21(9-3-6-20(10)8-9)14(22)19-12-7-16-4-5-17-12;1-7-12-6-8(13-7)11-14-9(2,3)10(4,5)15-11/h2-3,5-6,8-9,12H,4,7,10H2,1H3,(H,20,23,26);1-2,4-5,7,9H,3,6,8H2,(H,17,19,22);6H,1-5H3/t12-;9-;/m00./s1. The molecule has 0 aliphatic carbocycles. The SMILES string of the molecule is Cc1ncc(-c2ccc3c(n2)N(C(=O)Nc2cnccn2)[C@H]2CCN3C2)o1.Cc1ncc(B2OC(C)(C)C(C)(C)O2)o1.O=C(Nc1cnccn1)N1c2nc(Cl)ccc2N2CC[C@H]1C2. The zero-order chi connectivity index (χ0) is 44.8. The number of hydrogen-bond donors (Lipinski definition) is 2. The van der Waals surface area contributed by atoms with E-state index in [0.717, 1.165) is 50.4 Å². The van der Waals surface area contributed by atoms with Crippen LogP contribution in [0.15, 0.2) is 82.7 Å². The first-order chi connectivity index (χ1) is 30.7. The van der Waals surface area contributed by atoms with Crippen LogP contribution in [0.1, 0.15) is 52.3 Å². The van der Waals surface area contributed by atoms with E-state index < -0.39 is 7.12 Å². The van der Waals surface area contributed by atoms with E-state index in [2.05, 4.69) is 55.3 Å². The van der Waals surface area contributed by atoms with Gasteiger partial charge in [-0.25, -0.2) is 39.5 Å². The number of nitrogens with zero attached hydrogens (tertiary/aromatic N) is 12. The molecular formula is C42H46BClN14O6. The summed E-state index contributed by atoms with van der Waals surface area (Å²) in [5.74, 6) is 3.82. The topological polar surface area (TPSA) is 219 Å². The summed E-state index contributed by atoms with van der Waals surface area (Å²) < 4.78 is 22.6. The normalized spacial score (nSPS) is 19.5. The fraction of sp³-hybridized carbons (Fsp3) is 0.381. The Balaban J connectivity index is 0.000000127. The third-order valence-corrected chi connectivity index (χ3v) is 12.1. The van der Waals surface area contributed by atoms with Gasteiger partial charge in [0.2, 0.25) is 0 Å². The summed E-state index contributed by atoms with van der Waals surface area (Å²) in [5.41, 5.74) is 2.49. The van der Waals surface area contributed by atoms with Gasteiger partial charge >= 0.3 is 19.2 Å². The summed E-state index contributed by atoms with van der Waals surface area (Å²) in [4.78, 5) is 67.0. The second kappa shape index (κ2) is 17.1. The minimum Gasteiger partial charge on any atom is -0.450 e. The number of nitrogens with one attached hydrogen (secondary N) is 2. The third kappa shape index (κ3) is 8.52. The van der Waals surface area contributed by atoms with Crippen molar-refractivity contribution in [2.75, 3.05) is 56.4 Å². The number of rotatable bonds is 4. The van der Waals surface area contributed by atoms with Crippen molar-refractivity contribution in [2.24, 2.45) is 0 Å². The summed E-state index contributed by atoms with van der Waals surface area (Å²) in [6.07, 6.45) is 14.3.